The first-order valence-corrected chi connectivity index (χ1v) is 6.23. The molecule has 16 heavy (non-hydrogen) atoms. The molecule has 3 unspecified atom stereocenters. The molecule has 3 fully saturated rings. The number of amides is 2. The van der Waals surface area contributed by atoms with E-state index in [1.54, 1.807) is 4.90 Å². The van der Waals surface area contributed by atoms with Crippen LogP contribution in [0.4, 0.5) is 0 Å². The van der Waals surface area contributed by atoms with Crippen molar-refractivity contribution in [3.05, 3.63) is 0 Å². The lowest BCUT2D eigenvalue weighted by Crippen LogP contribution is -2.59. The van der Waals surface area contributed by atoms with E-state index in [1.165, 1.54) is 6.42 Å². The van der Waals surface area contributed by atoms with Crippen LogP contribution in [0, 0.1) is 17.8 Å². The molecule has 4 heteroatoms. The summed E-state index contributed by atoms with van der Waals surface area (Å²) >= 11 is 0. The summed E-state index contributed by atoms with van der Waals surface area (Å²) < 4.78 is 0. The van der Waals surface area contributed by atoms with Crippen molar-refractivity contribution in [1.29, 1.82) is 0 Å². The smallest absolute Gasteiger partial charge is 0.245 e. The van der Waals surface area contributed by atoms with E-state index in [-0.39, 0.29) is 24.4 Å². The van der Waals surface area contributed by atoms with Crippen LogP contribution in [-0.2, 0) is 9.59 Å². The van der Waals surface area contributed by atoms with Crippen molar-refractivity contribution >= 4 is 11.8 Å². The van der Waals surface area contributed by atoms with Gasteiger partial charge in [0.15, 0.2) is 0 Å². The summed E-state index contributed by atoms with van der Waals surface area (Å²) in [5.41, 5.74) is 0. The van der Waals surface area contributed by atoms with E-state index in [4.69, 9.17) is 0 Å². The maximum Gasteiger partial charge on any atom is 0.245 e. The highest BCUT2D eigenvalue weighted by atomic mass is 16.2. The maximum atomic E-state index is 12.1. The van der Waals surface area contributed by atoms with Gasteiger partial charge in [0.05, 0.1) is 6.54 Å². The molecule has 3 aliphatic rings. The van der Waals surface area contributed by atoms with Gasteiger partial charge in [-0.2, -0.15) is 0 Å². The third-order valence-electron chi connectivity index (χ3n) is 4.05. The fourth-order valence-corrected chi connectivity index (χ4v) is 2.57. The minimum atomic E-state index is -0.213. The highest BCUT2D eigenvalue weighted by Gasteiger charge is 2.44. The average molecular weight is 222 g/mol. The van der Waals surface area contributed by atoms with Crippen molar-refractivity contribution in [3.63, 3.8) is 0 Å². The Bertz CT molecular complexity index is 338. The first-order valence-electron chi connectivity index (χ1n) is 6.23. The second-order valence-corrected chi connectivity index (χ2v) is 5.57. The predicted molar refractivity (Wildman–Crippen MR) is 58.5 cm³/mol. The van der Waals surface area contributed by atoms with Gasteiger partial charge in [-0.3, -0.25) is 9.59 Å². The molecule has 4 nitrogen and oxygen atoms in total. The molecular formula is C12H18N2O2. The number of nitrogens with one attached hydrogen (secondary N) is 1. The van der Waals surface area contributed by atoms with Crippen LogP contribution in [0.2, 0.25) is 0 Å². The monoisotopic (exact) mass is 222 g/mol. The number of carbonyl (C=O) groups excluding carboxylic acids is 2. The lowest BCUT2D eigenvalue weighted by Gasteiger charge is -2.32. The van der Waals surface area contributed by atoms with Gasteiger partial charge in [-0.25, -0.2) is 0 Å². The number of rotatable bonds is 3. The molecule has 88 valence electrons. The van der Waals surface area contributed by atoms with Crippen molar-refractivity contribution < 1.29 is 9.59 Å². The molecule has 0 bridgehead atoms. The first kappa shape index (κ1) is 10.1. The van der Waals surface area contributed by atoms with Gasteiger partial charge in [0.2, 0.25) is 11.8 Å². The lowest BCUT2D eigenvalue weighted by atomic mass is 10.1. The highest BCUT2D eigenvalue weighted by Crippen LogP contribution is 2.39. The van der Waals surface area contributed by atoms with E-state index in [0.29, 0.717) is 11.8 Å². The van der Waals surface area contributed by atoms with E-state index in [2.05, 4.69) is 12.2 Å². The molecule has 1 N–H and O–H groups in total. The van der Waals surface area contributed by atoms with Gasteiger partial charge in [-0.1, -0.05) is 6.92 Å². The van der Waals surface area contributed by atoms with Crippen LogP contribution in [0.5, 0.6) is 0 Å². The summed E-state index contributed by atoms with van der Waals surface area (Å²) in [7, 11) is 0. The Morgan fingerprint density at radius 1 is 1.38 bits per heavy atom. The minimum absolute atomic E-state index is 0.0183. The molecule has 0 aromatic rings. The average Bonchev–Trinajstić information content (AvgIpc) is 3.10. The summed E-state index contributed by atoms with van der Waals surface area (Å²) in [4.78, 5) is 25.4. The van der Waals surface area contributed by atoms with Crippen molar-refractivity contribution in [2.24, 2.45) is 17.8 Å². The van der Waals surface area contributed by atoms with Crippen molar-refractivity contribution in [3.8, 4) is 0 Å². The highest BCUT2D eigenvalue weighted by molar-refractivity contribution is 5.95. The molecule has 0 spiro atoms. The number of hydrogen-bond donors (Lipinski definition) is 1. The standard InChI is InChI=1S/C12H18N2O2/c1-7-4-9(7)5-14-6-10(15)13-11(12(14)16)8-2-3-8/h7-9,11H,2-6H2,1H3,(H,13,15). The van der Waals surface area contributed by atoms with Gasteiger partial charge in [0.25, 0.3) is 0 Å². The van der Waals surface area contributed by atoms with E-state index < -0.39 is 0 Å². The van der Waals surface area contributed by atoms with Crippen LogP contribution < -0.4 is 5.32 Å². The molecule has 2 aliphatic carbocycles. The molecule has 0 aromatic heterocycles. The van der Waals surface area contributed by atoms with E-state index in [1.807, 2.05) is 0 Å². The van der Waals surface area contributed by atoms with Gasteiger partial charge < -0.3 is 10.2 Å². The van der Waals surface area contributed by atoms with Crippen LogP contribution in [0.15, 0.2) is 0 Å². The molecule has 0 aromatic carbocycles. The fraction of sp³-hybridized carbons (Fsp3) is 0.833. The molecule has 1 heterocycles. The molecule has 2 amide bonds. The van der Waals surface area contributed by atoms with Gasteiger partial charge in [0.1, 0.15) is 6.04 Å². The van der Waals surface area contributed by atoms with Gasteiger partial charge in [-0.15, -0.1) is 0 Å². The van der Waals surface area contributed by atoms with E-state index in [0.717, 1.165) is 25.3 Å². The minimum Gasteiger partial charge on any atom is -0.342 e. The van der Waals surface area contributed by atoms with E-state index in [9.17, 15) is 9.59 Å². The van der Waals surface area contributed by atoms with Gasteiger partial charge >= 0.3 is 0 Å². The molecule has 3 atom stereocenters. The van der Waals surface area contributed by atoms with Crippen LogP contribution >= 0.6 is 0 Å². The van der Waals surface area contributed by atoms with Crippen LogP contribution in [0.25, 0.3) is 0 Å². The molecular weight excluding hydrogens is 204 g/mol. The molecule has 3 rings (SSSR count). The van der Waals surface area contributed by atoms with Gasteiger partial charge in [0, 0.05) is 6.54 Å². The third kappa shape index (κ3) is 1.81. The maximum absolute atomic E-state index is 12.1. The number of nitrogens with zero attached hydrogens (tertiary/aromatic N) is 1. The Hall–Kier alpha value is -1.06. The van der Waals surface area contributed by atoms with Crippen LogP contribution in [-0.4, -0.2) is 35.8 Å². The largest absolute Gasteiger partial charge is 0.342 e. The number of carbonyl (C=O) groups is 2. The first-order chi connectivity index (χ1) is 7.65. The van der Waals surface area contributed by atoms with Crippen molar-refractivity contribution in [1.82, 2.24) is 10.2 Å². The summed E-state index contributed by atoms with van der Waals surface area (Å²) in [5.74, 6) is 1.95. The Balaban J connectivity index is 1.66. The summed E-state index contributed by atoms with van der Waals surface area (Å²) in [5, 5.41) is 2.83. The van der Waals surface area contributed by atoms with E-state index >= 15 is 0 Å². The summed E-state index contributed by atoms with van der Waals surface area (Å²) in [6, 6.07) is -0.213. The summed E-state index contributed by atoms with van der Waals surface area (Å²) in [6.07, 6.45) is 3.38. The normalized spacial score (nSPS) is 38.6. The second-order valence-electron chi connectivity index (χ2n) is 5.57. The Morgan fingerprint density at radius 3 is 2.62 bits per heavy atom. The van der Waals surface area contributed by atoms with Gasteiger partial charge in [-0.05, 0) is 37.0 Å². The van der Waals surface area contributed by atoms with Crippen molar-refractivity contribution in [2.45, 2.75) is 32.2 Å². The summed E-state index contributed by atoms with van der Waals surface area (Å²) in [6.45, 7) is 3.26. The molecule has 1 saturated heterocycles. The quantitative estimate of drug-likeness (QED) is 0.750. The zero-order chi connectivity index (χ0) is 11.3. The number of hydrogen-bond acceptors (Lipinski definition) is 2. The zero-order valence-corrected chi connectivity index (χ0v) is 9.61. The Kier molecular flexibility index (Phi) is 2.19. The molecule has 1 aliphatic heterocycles. The topological polar surface area (TPSA) is 49.4 Å². The lowest BCUT2D eigenvalue weighted by molar-refractivity contribution is -0.145. The Labute approximate surface area is 95.4 Å². The zero-order valence-electron chi connectivity index (χ0n) is 9.61. The predicted octanol–water partition coefficient (Wildman–Crippen LogP) is 0.379. The SMILES string of the molecule is CC1CC1CN1CC(=O)NC(C2CC2)C1=O. The van der Waals surface area contributed by atoms with Crippen LogP contribution in [0.1, 0.15) is 26.2 Å². The molecule has 2 saturated carbocycles. The second kappa shape index (κ2) is 3.47. The fourth-order valence-electron chi connectivity index (χ4n) is 2.57. The van der Waals surface area contributed by atoms with Crippen LogP contribution in [0.3, 0.4) is 0 Å². The number of piperazine rings is 1. The Morgan fingerprint density at radius 2 is 2.06 bits per heavy atom. The van der Waals surface area contributed by atoms with Crippen molar-refractivity contribution in [2.75, 3.05) is 13.1 Å². The molecule has 0 radical (unpaired) electrons. The third-order valence-corrected chi connectivity index (χ3v) is 4.05.